The molecule has 4 amide bonds. The van der Waals surface area contributed by atoms with Crippen molar-refractivity contribution in [2.75, 3.05) is 25.2 Å². The van der Waals surface area contributed by atoms with Crippen molar-refractivity contribution in [3.63, 3.8) is 0 Å². The maximum Gasteiger partial charge on any atom is 0.408 e. The summed E-state index contributed by atoms with van der Waals surface area (Å²) in [7, 11) is -6.49. The molecule has 1 aromatic heterocycles. The monoisotopic (exact) mass is 867 g/mol. The second-order valence-electron chi connectivity index (χ2n) is 17.7. The molecule has 0 bridgehead atoms. The fraction of sp³-hybridized carbons (Fsp3) is 0.500. The molecule has 324 valence electrons. The number of nitrogens with one attached hydrogen (secondary N) is 3. The van der Waals surface area contributed by atoms with Gasteiger partial charge in [-0.15, -0.1) is 6.58 Å². The van der Waals surface area contributed by atoms with Crippen LogP contribution in [-0.2, 0) is 39.0 Å². The quantitative estimate of drug-likeness (QED) is 0.221. The first-order valence-corrected chi connectivity index (χ1v) is 23.0. The van der Waals surface area contributed by atoms with Crippen LogP contribution in [0.15, 0.2) is 67.3 Å². The van der Waals surface area contributed by atoms with E-state index in [2.05, 4.69) is 17.2 Å². The Hall–Kier alpha value is -5.23. The number of pyridine rings is 1. The minimum Gasteiger partial charge on any atom is -0.497 e. The first-order chi connectivity index (χ1) is 27.9. The molecule has 1 unspecified atom stereocenters. The highest BCUT2D eigenvalue weighted by Crippen LogP contribution is 2.45. The van der Waals surface area contributed by atoms with Gasteiger partial charge in [0.25, 0.3) is 5.91 Å². The Kier molecular flexibility index (Phi) is 12.1. The fourth-order valence-electron chi connectivity index (χ4n) is 7.60. The van der Waals surface area contributed by atoms with E-state index < -0.39 is 95.3 Å². The molecule has 1 saturated carbocycles. The second-order valence-corrected chi connectivity index (χ2v) is 21.9. The van der Waals surface area contributed by atoms with Gasteiger partial charge in [0.2, 0.25) is 21.8 Å². The zero-order valence-electron chi connectivity index (χ0n) is 34.8. The van der Waals surface area contributed by atoms with Crippen LogP contribution in [-0.4, -0.2) is 110 Å². The van der Waals surface area contributed by atoms with Gasteiger partial charge in [0.1, 0.15) is 40.8 Å². The summed E-state index contributed by atoms with van der Waals surface area (Å²) in [6, 6.07) is 14.1. The average Bonchev–Trinajstić information content (AvgIpc) is 3.49. The summed E-state index contributed by atoms with van der Waals surface area (Å²) in [5, 5.41) is 4.74. The number of sulfonamides is 1. The zero-order chi connectivity index (χ0) is 44.0. The number of methoxy groups -OCH3 is 1. The van der Waals surface area contributed by atoms with Crippen LogP contribution in [0.3, 0.4) is 0 Å². The molecule has 3 fully saturated rings. The van der Waals surface area contributed by atoms with Gasteiger partial charge in [0.15, 0.2) is 9.84 Å². The Morgan fingerprint density at radius 1 is 1.03 bits per heavy atom. The van der Waals surface area contributed by atoms with Gasteiger partial charge in [0.05, 0.1) is 41.6 Å². The molecule has 6 rings (SSSR count). The average molecular weight is 868 g/mol. The van der Waals surface area contributed by atoms with Gasteiger partial charge in [-0.2, -0.15) is 0 Å². The molecule has 6 atom stereocenters. The molecular weight excluding hydrogens is 815 g/mol. The van der Waals surface area contributed by atoms with Crippen molar-refractivity contribution < 1.29 is 50.2 Å². The van der Waals surface area contributed by atoms with E-state index in [4.69, 9.17) is 19.2 Å². The van der Waals surface area contributed by atoms with E-state index in [1.165, 1.54) is 11.0 Å². The molecule has 2 saturated heterocycles. The molecule has 0 spiro atoms. The molecular formula is C42H53N5O11S2. The number of amides is 4. The lowest BCUT2D eigenvalue weighted by molar-refractivity contribution is -0.143. The normalized spacial score (nSPS) is 24.2. The largest absolute Gasteiger partial charge is 0.497 e. The summed E-state index contributed by atoms with van der Waals surface area (Å²) in [5.74, 6) is -3.06. The highest BCUT2D eigenvalue weighted by molar-refractivity contribution is 7.95. The van der Waals surface area contributed by atoms with E-state index in [1.54, 1.807) is 72.9 Å². The smallest absolute Gasteiger partial charge is 0.408 e. The van der Waals surface area contributed by atoms with Crippen LogP contribution in [0.4, 0.5) is 4.79 Å². The summed E-state index contributed by atoms with van der Waals surface area (Å²) >= 11 is 0. The number of ether oxygens (including phenoxy) is 3. The van der Waals surface area contributed by atoms with Gasteiger partial charge in [-0.05, 0) is 51.2 Å². The van der Waals surface area contributed by atoms with E-state index in [0.717, 1.165) is 5.56 Å². The Balaban J connectivity index is 1.34. The number of hydrogen-bond donors (Lipinski definition) is 3. The van der Waals surface area contributed by atoms with Crippen molar-refractivity contribution in [2.45, 2.75) is 95.4 Å². The van der Waals surface area contributed by atoms with Crippen molar-refractivity contribution in [2.24, 2.45) is 11.3 Å². The maximum atomic E-state index is 14.7. The molecule has 16 nitrogen and oxygen atoms in total. The van der Waals surface area contributed by atoms with E-state index in [1.807, 2.05) is 35.1 Å². The number of aromatic nitrogens is 1. The van der Waals surface area contributed by atoms with Crippen LogP contribution in [0.5, 0.6) is 11.5 Å². The molecule has 3 heterocycles. The third-order valence-corrected chi connectivity index (χ3v) is 14.6. The Labute approximate surface area is 350 Å². The number of likely N-dealkylation sites (tertiary alicyclic amines) is 1. The fourth-order valence-corrected chi connectivity index (χ4v) is 11.7. The van der Waals surface area contributed by atoms with Crippen LogP contribution in [0.2, 0.25) is 0 Å². The van der Waals surface area contributed by atoms with Gasteiger partial charge in [-0.1, -0.05) is 57.2 Å². The van der Waals surface area contributed by atoms with Gasteiger partial charge in [-0.25, -0.2) is 26.6 Å². The predicted molar refractivity (Wildman–Crippen MR) is 224 cm³/mol. The van der Waals surface area contributed by atoms with Crippen LogP contribution >= 0.6 is 0 Å². The van der Waals surface area contributed by atoms with E-state index in [0.29, 0.717) is 28.1 Å². The number of alkyl carbamates (subject to hydrolysis) is 1. The molecule has 2 aromatic carbocycles. The number of sulfone groups is 1. The van der Waals surface area contributed by atoms with E-state index in [-0.39, 0.29) is 31.6 Å². The van der Waals surface area contributed by atoms with Crippen LogP contribution in [0, 0.1) is 11.3 Å². The van der Waals surface area contributed by atoms with Crippen molar-refractivity contribution >= 4 is 54.6 Å². The van der Waals surface area contributed by atoms with Gasteiger partial charge >= 0.3 is 6.09 Å². The van der Waals surface area contributed by atoms with Gasteiger partial charge in [-0.3, -0.25) is 19.1 Å². The summed E-state index contributed by atoms with van der Waals surface area (Å²) < 4.78 is 70.3. The van der Waals surface area contributed by atoms with E-state index >= 15 is 0 Å². The first-order valence-electron chi connectivity index (χ1n) is 19.7. The maximum absolute atomic E-state index is 14.7. The Morgan fingerprint density at radius 3 is 2.32 bits per heavy atom. The van der Waals surface area contributed by atoms with Crippen molar-refractivity contribution in [1.82, 2.24) is 25.2 Å². The number of hydrogen-bond acceptors (Lipinski definition) is 12. The highest BCUT2D eigenvalue weighted by Gasteiger charge is 2.62. The van der Waals surface area contributed by atoms with Crippen molar-refractivity contribution in [1.29, 1.82) is 0 Å². The summed E-state index contributed by atoms with van der Waals surface area (Å²) in [6.45, 7) is 14.0. The third kappa shape index (κ3) is 9.70. The number of carbonyl (C=O) groups excluding carboxylic acids is 4. The molecule has 18 heteroatoms. The van der Waals surface area contributed by atoms with Crippen LogP contribution in [0.1, 0.15) is 60.8 Å². The molecule has 3 aliphatic rings. The second kappa shape index (κ2) is 16.3. The molecule has 1 aliphatic carbocycles. The zero-order valence-corrected chi connectivity index (χ0v) is 36.4. The summed E-state index contributed by atoms with van der Waals surface area (Å²) in [5.41, 5.74) is -1.52. The lowest BCUT2D eigenvalue weighted by atomic mass is 9.85. The molecule has 3 aromatic rings. The standard InChI is InChI=1S/C42H53N5O11S2/c1-9-26-22-42(26,38(50)46-60(54,55)29-17-18-59(52,53)24-29)45-36(48)33-20-28(23-47(33)37(49)35(40(2,3)4)44-39(51)58-41(5,6)7)57-34-21-31(25-13-11-10-12-14-25)43-32-19-27(56-8)15-16-30(32)34/h9-16,19,21,26,28-29,33,35H,1,17-18,20,22-24H2,2-8H3,(H,44,51)(H,45,48)(H,46,50)/t26-,28-,29?,33+,35-,42-/m1/s1. The van der Waals surface area contributed by atoms with Crippen LogP contribution in [0.25, 0.3) is 22.2 Å². The molecule has 0 radical (unpaired) electrons. The molecule has 60 heavy (non-hydrogen) atoms. The summed E-state index contributed by atoms with van der Waals surface area (Å²) in [6.07, 6.45) is -0.441. The van der Waals surface area contributed by atoms with Gasteiger partial charge < -0.3 is 29.7 Å². The SMILES string of the molecule is C=C[C@@H]1C[C@]1(NC(=O)[C@@H]1C[C@@H](Oc2cc(-c3ccccc3)nc3cc(OC)ccc23)CN1C(=O)[C@@H](NC(=O)OC(C)(C)C)C(C)(C)C)C(=O)NS(=O)(=O)C1CCS(=O)(=O)C1. The van der Waals surface area contributed by atoms with E-state index in [9.17, 15) is 36.0 Å². The van der Waals surface area contributed by atoms with Crippen molar-refractivity contribution in [3.8, 4) is 22.8 Å². The highest BCUT2D eigenvalue weighted by atomic mass is 32.2. The number of fused-ring (bicyclic) bond motifs is 1. The molecule has 3 N–H and O–H groups in total. The Morgan fingerprint density at radius 2 is 1.73 bits per heavy atom. The van der Waals surface area contributed by atoms with Crippen LogP contribution < -0.4 is 24.8 Å². The molecule has 2 aliphatic heterocycles. The number of rotatable bonds is 12. The lowest BCUT2D eigenvalue weighted by Crippen LogP contribution is -2.60. The topological polar surface area (TPSA) is 216 Å². The summed E-state index contributed by atoms with van der Waals surface area (Å²) in [4.78, 5) is 62.3. The van der Waals surface area contributed by atoms with Gasteiger partial charge in [0, 0.05) is 35.4 Å². The minimum absolute atomic E-state index is 0.00665. The first kappa shape index (κ1) is 44.3. The number of carbonyl (C=O) groups is 4. The third-order valence-electron chi connectivity index (χ3n) is 10.9. The predicted octanol–water partition coefficient (Wildman–Crippen LogP) is 3.89. The minimum atomic E-state index is -4.44. The number of nitrogens with zero attached hydrogens (tertiary/aromatic N) is 2. The van der Waals surface area contributed by atoms with Crippen molar-refractivity contribution in [3.05, 3.63) is 67.3 Å². The lowest BCUT2D eigenvalue weighted by Gasteiger charge is -2.36. The number of benzene rings is 2. The Bertz CT molecular complexity index is 2410.